The van der Waals surface area contributed by atoms with E-state index in [1.807, 2.05) is 6.92 Å². The summed E-state index contributed by atoms with van der Waals surface area (Å²) in [5.41, 5.74) is 0.650. The second-order valence-corrected chi connectivity index (χ2v) is 5.31. The van der Waals surface area contributed by atoms with Crippen LogP contribution in [0.1, 0.15) is 18.5 Å². The summed E-state index contributed by atoms with van der Waals surface area (Å²) in [4.78, 5) is 13.7. The Bertz CT molecular complexity index is 689. The number of carbonyl (C=O) groups excluding carboxylic acids is 1. The van der Waals surface area contributed by atoms with Gasteiger partial charge in [0.15, 0.2) is 0 Å². The van der Waals surface area contributed by atoms with Crippen molar-refractivity contribution in [3.63, 3.8) is 0 Å². The number of halogens is 3. The van der Waals surface area contributed by atoms with Gasteiger partial charge in [0.25, 0.3) is 0 Å². The molecule has 2 rings (SSSR count). The molecular weight excluding hydrogens is 305 g/mol. The molecular formula is C17H17F3N2O. The minimum atomic E-state index is -0.700. The third-order valence-electron chi connectivity index (χ3n) is 3.61. The number of rotatable bonds is 5. The monoisotopic (exact) mass is 322 g/mol. The number of nitrogens with zero attached hydrogens (tertiary/aromatic N) is 1. The van der Waals surface area contributed by atoms with Gasteiger partial charge >= 0.3 is 0 Å². The lowest BCUT2D eigenvalue weighted by Gasteiger charge is -2.24. The van der Waals surface area contributed by atoms with Crippen molar-refractivity contribution in [3.8, 4) is 0 Å². The summed E-state index contributed by atoms with van der Waals surface area (Å²) in [6.07, 6.45) is 0. The second kappa shape index (κ2) is 7.28. The van der Waals surface area contributed by atoms with Gasteiger partial charge in [0.1, 0.15) is 17.5 Å². The highest BCUT2D eigenvalue weighted by molar-refractivity contribution is 5.92. The van der Waals surface area contributed by atoms with Crippen molar-refractivity contribution >= 4 is 11.6 Å². The molecule has 23 heavy (non-hydrogen) atoms. The number of amides is 1. The summed E-state index contributed by atoms with van der Waals surface area (Å²) < 4.78 is 39.5. The third kappa shape index (κ3) is 4.56. The van der Waals surface area contributed by atoms with Gasteiger partial charge in [-0.25, -0.2) is 13.2 Å². The molecule has 3 nitrogen and oxygen atoms in total. The molecule has 0 saturated carbocycles. The first-order valence-corrected chi connectivity index (χ1v) is 7.07. The summed E-state index contributed by atoms with van der Waals surface area (Å²) in [5, 5.41) is 2.34. The second-order valence-electron chi connectivity index (χ2n) is 5.31. The zero-order valence-corrected chi connectivity index (χ0v) is 12.8. The average molecular weight is 322 g/mol. The van der Waals surface area contributed by atoms with Gasteiger partial charge in [0.2, 0.25) is 5.91 Å². The Labute approximate surface area is 132 Å². The minimum Gasteiger partial charge on any atom is -0.322 e. The zero-order chi connectivity index (χ0) is 17.0. The number of carbonyl (C=O) groups is 1. The van der Waals surface area contributed by atoms with Crippen molar-refractivity contribution in [1.29, 1.82) is 0 Å². The molecule has 0 aromatic heterocycles. The van der Waals surface area contributed by atoms with Gasteiger partial charge < -0.3 is 5.32 Å². The lowest BCUT2D eigenvalue weighted by Crippen LogP contribution is -2.32. The Kier molecular flexibility index (Phi) is 5.39. The van der Waals surface area contributed by atoms with E-state index in [1.54, 1.807) is 24.1 Å². The van der Waals surface area contributed by atoms with Crippen LogP contribution < -0.4 is 5.32 Å². The lowest BCUT2D eigenvalue weighted by atomic mass is 10.1. The van der Waals surface area contributed by atoms with E-state index >= 15 is 0 Å². The zero-order valence-electron chi connectivity index (χ0n) is 12.8. The van der Waals surface area contributed by atoms with E-state index < -0.39 is 17.5 Å². The molecule has 0 aliphatic carbocycles. The number of hydrogen-bond acceptors (Lipinski definition) is 2. The highest BCUT2D eigenvalue weighted by Crippen LogP contribution is 2.19. The minimum absolute atomic E-state index is 0.0193. The van der Waals surface area contributed by atoms with Crippen LogP contribution in [0.5, 0.6) is 0 Å². The summed E-state index contributed by atoms with van der Waals surface area (Å²) >= 11 is 0. The first-order chi connectivity index (χ1) is 10.9. The van der Waals surface area contributed by atoms with Crippen molar-refractivity contribution in [2.24, 2.45) is 0 Å². The molecule has 6 heteroatoms. The maximum atomic E-state index is 13.5. The molecule has 1 amide bonds. The molecule has 1 N–H and O–H groups in total. The molecule has 2 aromatic rings. The van der Waals surface area contributed by atoms with Gasteiger partial charge in [-0.15, -0.1) is 0 Å². The molecule has 0 aliphatic rings. The molecule has 0 radical (unpaired) electrons. The van der Waals surface area contributed by atoms with Gasteiger partial charge in [0.05, 0.1) is 12.2 Å². The summed E-state index contributed by atoms with van der Waals surface area (Å²) in [6, 6.07) is 8.70. The van der Waals surface area contributed by atoms with Crippen LogP contribution in [-0.2, 0) is 4.79 Å². The van der Waals surface area contributed by atoms with Gasteiger partial charge in [0, 0.05) is 12.1 Å². The van der Waals surface area contributed by atoms with Crippen LogP contribution in [0.4, 0.5) is 18.9 Å². The average Bonchev–Trinajstić information content (AvgIpc) is 2.51. The first kappa shape index (κ1) is 17.0. The normalized spacial score (nSPS) is 12.3. The van der Waals surface area contributed by atoms with E-state index in [2.05, 4.69) is 5.32 Å². The first-order valence-electron chi connectivity index (χ1n) is 7.07. The maximum absolute atomic E-state index is 13.5. The van der Waals surface area contributed by atoms with Crippen molar-refractivity contribution in [3.05, 3.63) is 65.5 Å². The number of anilines is 1. The lowest BCUT2D eigenvalue weighted by molar-refractivity contribution is -0.117. The van der Waals surface area contributed by atoms with Crippen LogP contribution in [0, 0.1) is 17.5 Å². The Morgan fingerprint density at radius 3 is 2.35 bits per heavy atom. The van der Waals surface area contributed by atoms with E-state index in [9.17, 15) is 18.0 Å². The fourth-order valence-electron chi connectivity index (χ4n) is 2.14. The van der Waals surface area contributed by atoms with E-state index in [0.29, 0.717) is 0 Å². The summed E-state index contributed by atoms with van der Waals surface area (Å²) in [6.45, 7) is 1.85. The van der Waals surface area contributed by atoms with Crippen molar-refractivity contribution in [2.75, 3.05) is 18.9 Å². The van der Waals surface area contributed by atoms with Gasteiger partial charge in [-0.2, -0.15) is 0 Å². The van der Waals surface area contributed by atoms with E-state index in [0.717, 1.165) is 23.8 Å². The van der Waals surface area contributed by atoms with Crippen LogP contribution >= 0.6 is 0 Å². The fourth-order valence-corrected chi connectivity index (χ4v) is 2.14. The Balaban J connectivity index is 1.99. The number of benzene rings is 2. The topological polar surface area (TPSA) is 32.3 Å². The summed E-state index contributed by atoms with van der Waals surface area (Å²) in [7, 11) is 1.72. The quantitative estimate of drug-likeness (QED) is 0.909. The predicted molar refractivity (Wildman–Crippen MR) is 82.4 cm³/mol. The SMILES string of the molecule is CC(c1ccc(F)cc1)N(C)CC(=O)Nc1cc(F)ccc1F. The molecule has 1 atom stereocenters. The highest BCUT2D eigenvalue weighted by Gasteiger charge is 2.16. The molecule has 0 aliphatic heterocycles. The van der Waals surface area contributed by atoms with Crippen LogP contribution in [0.3, 0.4) is 0 Å². The Morgan fingerprint density at radius 2 is 1.70 bits per heavy atom. The standard InChI is InChI=1S/C17H17F3N2O/c1-11(12-3-5-13(18)6-4-12)22(2)10-17(23)21-16-9-14(19)7-8-15(16)20/h3-9,11H,10H2,1-2H3,(H,21,23). The van der Waals surface area contributed by atoms with Crippen LogP contribution in [0.25, 0.3) is 0 Å². The molecule has 1 unspecified atom stereocenters. The number of hydrogen-bond donors (Lipinski definition) is 1. The molecule has 0 heterocycles. The van der Waals surface area contributed by atoms with E-state index in [1.165, 1.54) is 12.1 Å². The molecule has 2 aromatic carbocycles. The largest absolute Gasteiger partial charge is 0.322 e. The van der Waals surface area contributed by atoms with Crippen molar-refractivity contribution in [1.82, 2.24) is 4.90 Å². The third-order valence-corrected chi connectivity index (χ3v) is 3.61. The van der Waals surface area contributed by atoms with E-state index in [-0.39, 0.29) is 24.1 Å². The molecule has 0 fully saturated rings. The molecule has 0 spiro atoms. The predicted octanol–water partition coefficient (Wildman–Crippen LogP) is 3.74. The van der Waals surface area contributed by atoms with Crippen LogP contribution in [0.2, 0.25) is 0 Å². The molecule has 0 bridgehead atoms. The smallest absolute Gasteiger partial charge is 0.238 e. The van der Waals surface area contributed by atoms with Gasteiger partial charge in [-0.3, -0.25) is 9.69 Å². The van der Waals surface area contributed by atoms with Crippen molar-refractivity contribution < 1.29 is 18.0 Å². The number of nitrogens with one attached hydrogen (secondary N) is 1. The van der Waals surface area contributed by atoms with E-state index in [4.69, 9.17) is 0 Å². The van der Waals surface area contributed by atoms with Crippen molar-refractivity contribution in [2.45, 2.75) is 13.0 Å². The van der Waals surface area contributed by atoms with Crippen LogP contribution in [0.15, 0.2) is 42.5 Å². The molecule has 122 valence electrons. The van der Waals surface area contributed by atoms with Crippen LogP contribution in [-0.4, -0.2) is 24.4 Å². The van der Waals surface area contributed by atoms with Gasteiger partial charge in [-0.05, 0) is 43.8 Å². The highest BCUT2D eigenvalue weighted by atomic mass is 19.1. The Hall–Kier alpha value is -2.34. The maximum Gasteiger partial charge on any atom is 0.238 e. The van der Waals surface area contributed by atoms with Gasteiger partial charge in [-0.1, -0.05) is 12.1 Å². The number of likely N-dealkylation sites (N-methyl/N-ethyl adjacent to an activating group) is 1. The Morgan fingerprint density at radius 1 is 1.09 bits per heavy atom. The molecule has 0 saturated heterocycles. The summed E-state index contributed by atoms with van der Waals surface area (Å²) in [5.74, 6) is -2.13. The fraction of sp³-hybridized carbons (Fsp3) is 0.235.